The molecule has 0 unspecified atom stereocenters. The second-order valence-corrected chi connectivity index (χ2v) is 2.20. The summed E-state index contributed by atoms with van der Waals surface area (Å²) in [7, 11) is 0. The molecule has 1 aliphatic rings. The van der Waals surface area contributed by atoms with Crippen molar-refractivity contribution in [3.63, 3.8) is 0 Å². The monoisotopic (exact) mass is 130 g/mol. The molecule has 0 fully saturated rings. The van der Waals surface area contributed by atoms with Crippen molar-refractivity contribution in [1.29, 1.82) is 5.41 Å². The zero-order valence-corrected chi connectivity index (χ0v) is 5.33. The molecular formula is C8H6N2. The maximum atomic E-state index is 7.21. The molecule has 0 radical (unpaired) electrons. The third-order valence-electron chi connectivity index (χ3n) is 1.47. The standard InChI is InChI=1S/C8H6N2/c9-8-5-6-3-1-2-4-7(6)10-8/h1-5,9H. The number of hydrogen-bond donors (Lipinski definition) is 1. The van der Waals surface area contributed by atoms with Crippen molar-refractivity contribution in [2.75, 3.05) is 0 Å². The van der Waals surface area contributed by atoms with Crippen LogP contribution in [0.25, 0.3) is 6.08 Å². The lowest BCUT2D eigenvalue weighted by atomic mass is 10.3. The van der Waals surface area contributed by atoms with Crippen LogP contribution in [-0.2, 0) is 0 Å². The molecule has 0 bridgehead atoms. The molecule has 1 N–H and O–H groups in total. The van der Waals surface area contributed by atoms with E-state index in [1.807, 2.05) is 24.3 Å². The van der Waals surface area contributed by atoms with Gasteiger partial charge in [-0.15, -0.1) is 0 Å². The van der Waals surface area contributed by atoms with Crippen molar-refractivity contribution >= 4 is 11.9 Å². The van der Waals surface area contributed by atoms with Gasteiger partial charge in [-0.25, -0.2) is 4.99 Å². The van der Waals surface area contributed by atoms with E-state index in [0.29, 0.717) is 5.84 Å². The summed E-state index contributed by atoms with van der Waals surface area (Å²) in [6.45, 7) is 0. The van der Waals surface area contributed by atoms with Crippen LogP contribution in [0.3, 0.4) is 0 Å². The fourth-order valence-corrected chi connectivity index (χ4v) is 1.02. The SMILES string of the molecule is N=C1C=c2ccccc2=N1. The highest BCUT2D eigenvalue weighted by Gasteiger charge is 1.95. The van der Waals surface area contributed by atoms with E-state index in [9.17, 15) is 0 Å². The van der Waals surface area contributed by atoms with E-state index in [-0.39, 0.29) is 0 Å². The van der Waals surface area contributed by atoms with Crippen molar-refractivity contribution in [2.24, 2.45) is 4.99 Å². The van der Waals surface area contributed by atoms with E-state index in [1.54, 1.807) is 6.08 Å². The van der Waals surface area contributed by atoms with Crippen LogP contribution in [0.4, 0.5) is 0 Å². The maximum absolute atomic E-state index is 7.21. The van der Waals surface area contributed by atoms with E-state index in [1.165, 1.54) is 0 Å². The number of benzene rings is 1. The van der Waals surface area contributed by atoms with Crippen molar-refractivity contribution in [1.82, 2.24) is 0 Å². The van der Waals surface area contributed by atoms with E-state index in [2.05, 4.69) is 4.99 Å². The van der Waals surface area contributed by atoms with E-state index in [0.717, 1.165) is 10.6 Å². The minimum absolute atomic E-state index is 0.348. The molecule has 2 heteroatoms. The Kier molecular flexibility index (Phi) is 0.947. The number of rotatable bonds is 0. The van der Waals surface area contributed by atoms with Gasteiger partial charge >= 0.3 is 0 Å². The summed E-state index contributed by atoms with van der Waals surface area (Å²) in [4.78, 5) is 3.98. The zero-order chi connectivity index (χ0) is 6.97. The predicted octanol–water partition coefficient (Wildman–Crippen LogP) is 0.0776. The lowest BCUT2D eigenvalue weighted by molar-refractivity contribution is 1.37. The van der Waals surface area contributed by atoms with Gasteiger partial charge in [0.25, 0.3) is 0 Å². The highest BCUT2D eigenvalue weighted by molar-refractivity contribution is 6.08. The second-order valence-electron chi connectivity index (χ2n) is 2.20. The highest BCUT2D eigenvalue weighted by Crippen LogP contribution is 1.82. The Balaban J connectivity index is 2.96. The summed E-state index contributed by atoms with van der Waals surface area (Å²) in [5, 5.41) is 9.17. The van der Waals surface area contributed by atoms with Gasteiger partial charge in [-0.05, 0) is 12.1 Å². The van der Waals surface area contributed by atoms with Gasteiger partial charge in [-0.1, -0.05) is 18.2 Å². The van der Waals surface area contributed by atoms with Gasteiger partial charge in [0.2, 0.25) is 0 Å². The largest absolute Gasteiger partial charge is 0.283 e. The highest BCUT2D eigenvalue weighted by atomic mass is 14.8. The van der Waals surface area contributed by atoms with Crippen LogP contribution in [0.15, 0.2) is 29.3 Å². The quantitative estimate of drug-likeness (QED) is 0.516. The predicted molar refractivity (Wildman–Crippen MR) is 39.4 cm³/mol. The first-order chi connectivity index (χ1) is 4.86. The molecule has 1 aromatic rings. The number of fused-ring (bicyclic) bond motifs is 1. The van der Waals surface area contributed by atoms with Gasteiger partial charge in [-0.3, -0.25) is 5.41 Å². The molecule has 0 aromatic heterocycles. The molecule has 1 aromatic carbocycles. The van der Waals surface area contributed by atoms with Gasteiger partial charge in [0.1, 0.15) is 5.84 Å². The summed E-state index contributed by atoms with van der Waals surface area (Å²) in [6.07, 6.45) is 1.76. The van der Waals surface area contributed by atoms with Crippen LogP contribution in [0.2, 0.25) is 0 Å². The summed E-state index contributed by atoms with van der Waals surface area (Å²) >= 11 is 0. The van der Waals surface area contributed by atoms with Crippen LogP contribution < -0.4 is 10.6 Å². The van der Waals surface area contributed by atoms with Gasteiger partial charge in [0.05, 0.1) is 5.36 Å². The van der Waals surface area contributed by atoms with Crippen molar-refractivity contribution in [3.05, 3.63) is 34.8 Å². The average molecular weight is 130 g/mol. The minimum atomic E-state index is 0.348. The van der Waals surface area contributed by atoms with E-state index in [4.69, 9.17) is 5.41 Å². The fourth-order valence-electron chi connectivity index (χ4n) is 1.02. The van der Waals surface area contributed by atoms with Gasteiger partial charge < -0.3 is 0 Å². The van der Waals surface area contributed by atoms with Crippen LogP contribution in [-0.4, -0.2) is 5.84 Å². The topological polar surface area (TPSA) is 36.2 Å². The Morgan fingerprint density at radius 2 is 2.00 bits per heavy atom. The molecule has 2 nitrogen and oxygen atoms in total. The third kappa shape index (κ3) is 0.658. The molecule has 0 atom stereocenters. The lowest BCUT2D eigenvalue weighted by Gasteiger charge is -1.77. The first-order valence-corrected chi connectivity index (χ1v) is 3.10. The second kappa shape index (κ2) is 1.77. The average Bonchev–Trinajstić information content (AvgIpc) is 2.27. The number of hydrogen-bond acceptors (Lipinski definition) is 1. The number of nitrogens with zero attached hydrogens (tertiary/aromatic N) is 1. The van der Waals surface area contributed by atoms with Crippen LogP contribution in [0.1, 0.15) is 0 Å². The maximum Gasteiger partial charge on any atom is 0.145 e. The summed E-state index contributed by atoms with van der Waals surface area (Å²) in [5.74, 6) is 0.348. The molecule has 48 valence electrons. The molecule has 1 aliphatic heterocycles. The smallest absolute Gasteiger partial charge is 0.145 e. The summed E-state index contributed by atoms with van der Waals surface area (Å²) in [6, 6.07) is 7.74. The summed E-state index contributed by atoms with van der Waals surface area (Å²) < 4.78 is 0. The Morgan fingerprint density at radius 3 is 2.80 bits per heavy atom. The Bertz CT molecular complexity index is 353. The zero-order valence-electron chi connectivity index (χ0n) is 5.33. The molecule has 0 amide bonds. The molecule has 2 rings (SSSR count). The minimum Gasteiger partial charge on any atom is -0.283 e. The van der Waals surface area contributed by atoms with Gasteiger partial charge in [0, 0.05) is 5.22 Å². The molecule has 10 heavy (non-hydrogen) atoms. The van der Waals surface area contributed by atoms with E-state index >= 15 is 0 Å². The van der Waals surface area contributed by atoms with Gasteiger partial charge in [-0.2, -0.15) is 0 Å². The number of amidine groups is 1. The van der Waals surface area contributed by atoms with Crippen LogP contribution >= 0.6 is 0 Å². The number of nitrogens with one attached hydrogen (secondary N) is 1. The fraction of sp³-hybridized carbons (Fsp3) is 0. The molecule has 0 saturated carbocycles. The third-order valence-corrected chi connectivity index (χ3v) is 1.47. The van der Waals surface area contributed by atoms with Gasteiger partial charge in [0.15, 0.2) is 0 Å². The summed E-state index contributed by atoms with van der Waals surface area (Å²) in [5.41, 5.74) is 0. The Morgan fingerprint density at radius 1 is 1.20 bits per heavy atom. The molecule has 1 heterocycles. The molecular weight excluding hydrogens is 124 g/mol. The van der Waals surface area contributed by atoms with Crippen LogP contribution in [0.5, 0.6) is 0 Å². The van der Waals surface area contributed by atoms with Crippen molar-refractivity contribution < 1.29 is 0 Å². The first kappa shape index (κ1) is 5.35. The number of para-hydroxylation sites is 1. The lowest BCUT2D eigenvalue weighted by Crippen LogP contribution is -2.19. The Labute approximate surface area is 58.0 Å². The molecule has 0 saturated heterocycles. The normalized spacial score (nSPS) is 13.8. The molecule has 0 spiro atoms. The van der Waals surface area contributed by atoms with Crippen molar-refractivity contribution in [2.45, 2.75) is 0 Å². The van der Waals surface area contributed by atoms with Crippen LogP contribution in [0, 0.1) is 5.41 Å². The first-order valence-electron chi connectivity index (χ1n) is 3.10. The molecule has 0 aliphatic carbocycles. The van der Waals surface area contributed by atoms with E-state index < -0.39 is 0 Å². The van der Waals surface area contributed by atoms with Crippen molar-refractivity contribution in [3.8, 4) is 0 Å². The Hall–Kier alpha value is -1.44.